The highest BCUT2D eigenvalue weighted by atomic mass is 16.5. The van der Waals surface area contributed by atoms with Gasteiger partial charge in [-0.25, -0.2) is 0 Å². The molecule has 0 saturated carbocycles. The molecule has 1 rings (SSSR count). The van der Waals surface area contributed by atoms with Crippen LogP contribution in [0.4, 0.5) is 0 Å². The van der Waals surface area contributed by atoms with Crippen LogP contribution in [0.25, 0.3) is 0 Å². The van der Waals surface area contributed by atoms with Gasteiger partial charge in [0.2, 0.25) is 0 Å². The lowest BCUT2D eigenvalue weighted by molar-refractivity contribution is 0.287. The summed E-state index contributed by atoms with van der Waals surface area (Å²) in [7, 11) is 0. The molecule has 1 aromatic rings. The predicted molar refractivity (Wildman–Crippen MR) is 87.2 cm³/mol. The second kappa shape index (κ2) is 7.34. The van der Waals surface area contributed by atoms with Crippen molar-refractivity contribution in [3.8, 4) is 5.75 Å². The van der Waals surface area contributed by atoms with E-state index >= 15 is 0 Å². The average molecular weight is 292 g/mol. The topological polar surface area (TPSA) is 67.8 Å². The molecular formula is C17H28N2O2. The van der Waals surface area contributed by atoms with Crippen LogP contribution in [-0.4, -0.2) is 17.6 Å². The maximum absolute atomic E-state index is 8.74. The zero-order valence-corrected chi connectivity index (χ0v) is 13.9. The molecule has 1 aromatic carbocycles. The molecule has 118 valence electrons. The molecule has 0 bridgehead atoms. The third-order valence-electron chi connectivity index (χ3n) is 4.02. The molecule has 0 atom stereocenters. The largest absolute Gasteiger partial charge is 0.493 e. The number of nitrogens with zero attached hydrogens (tertiary/aromatic N) is 1. The molecule has 0 aromatic heterocycles. The quantitative estimate of drug-likeness (QED) is 0.263. The normalized spacial score (nSPS) is 12.5. The first-order valence-corrected chi connectivity index (χ1v) is 7.46. The van der Waals surface area contributed by atoms with Crippen molar-refractivity contribution in [2.75, 3.05) is 6.61 Å². The molecule has 0 aliphatic heterocycles. The summed E-state index contributed by atoms with van der Waals surface area (Å²) in [4.78, 5) is 0. The Morgan fingerprint density at radius 3 is 2.52 bits per heavy atom. The molecule has 0 aliphatic carbocycles. The summed E-state index contributed by atoms with van der Waals surface area (Å²) in [6.07, 6.45) is 2.81. The summed E-state index contributed by atoms with van der Waals surface area (Å²) in [5.74, 6) is 1.26. The third kappa shape index (κ3) is 4.96. The zero-order valence-electron chi connectivity index (χ0n) is 13.9. The van der Waals surface area contributed by atoms with Crippen LogP contribution in [0.5, 0.6) is 5.75 Å². The van der Waals surface area contributed by atoms with Crippen molar-refractivity contribution >= 4 is 5.84 Å². The standard InChI is InChI=1S/C17H28N2O2/c1-12-10-13(2)14(3)15(11-12)21-9-7-6-8-17(4,5)16(18)19-20/h10-11,20H,6-9H2,1-5H3,(H2,18,19). The first-order valence-electron chi connectivity index (χ1n) is 7.46. The van der Waals surface area contributed by atoms with Gasteiger partial charge in [-0.3, -0.25) is 0 Å². The highest BCUT2D eigenvalue weighted by Gasteiger charge is 2.22. The lowest BCUT2D eigenvalue weighted by Crippen LogP contribution is -2.31. The van der Waals surface area contributed by atoms with Gasteiger partial charge in [-0.2, -0.15) is 0 Å². The fourth-order valence-electron chi connectivity index (χ4n) is 2.27. The Kier molecular flexibility index (Phi) is 6.06. The van der Waals surface area contributed by atoms with Crippen molar-refractivity contribution in [2.45, 2.75) is 53.9 Å². The highest BCUT2D eigenvalue weighted by molar-refractivity contribution is 5.85. The molecule has 0 fully saturated rings. The number of hydrogen-bond donors (Lipinski definition) is 2. The number of ether oxygens (including phenoxy) is 1. The molecule has 0 unspecified atom stereocenters. The Hall–Kier alpha value is -1.71. The monoisotopic (exact) mass is 292 g/mol. The Labute approximate surface area is 128 Å². The molecule has 0 radical (unpaired) electrons. The van der Waals surface area contributed by atoms with Crippen LogP contribution in [0.2, 0.25) is 0 Å². The zero-order chi connectivity index (χ0) is 16.0. The van der Waals surface area contributed by atoms with E-state index < -0.39 is 0 Å². The van der Waals surface area contributed by atoms with E-state index in [0.29, 0.717) is 6.61 Å². The summed E-state index contributed by atoms with van der Waals surface area (Å²) in [5, 5.41) is 11.8. The number of unbranched alkanes of at least 4 members (excludes halogenated alkanes) is 1. The number of oxime groups is 1. The number of aryl methyl sites for hydroxylation is 2. The maximum atomic E-state index is 8.74. The molecule has 0 aliphatic rings. The molecule has 3 N–H and O–H groups in total. The smallest absolute Gasteiger partial charge is 0.144 e. The fourth-order valence-corrected chi connectivity index (χ4v) is 2.27. The van der Waals surface area contributed by atoms with E-state index in [1.807, 2.05) is 13.8 Å². The summed E-state index contributed by atoms with van der Waals surface area (Å²) in [6, 6.07) is 4.25. The van der Waals surface area contributed by atoms with Gasteiger partial charge in [-0.05, 0) is 62.8 Å². The van der Waals surface area contributed by atoms with Gasteiger partial charge in [-0.1, -0.05) is 25.1 Å². The summed E-state index contributed by atoms with van der Waals surface area (Å²) < 4.78 is 5.89. The van der Waals surface area contributed by atoms with Crippen LogP contribution in [0.3, 0.4) is 0 Å². The van der Waals surface area contributed by atoms with Crippen molar-refractivity contribution in [3.05, 3.63) is 28.8 Å². The minimum absolute atomic E-state index is 0.273. The van der Waals surface area contributed by atoms with E-state index in [4.69, 9.17) is 15.7 Å². The fraction of sp³-hybridized carbons (Fsp3) is 0.588. The van der Waals surface area contributed by atoms with Crippen molar-refractivity contribution in [1.29, 1.82) is 0 Å². The predicted octanol–water partition coefficient (Wildman–Crippen LogP) is 3.93. The molecule has 4 nitrogen and oxygen atoms in total. The first-order chi connectivity index (χ1) is 9.77. The second-order valence-electron chi connectivity index (χ2n) is 6.38. The van der Waals surface area contributed by atoms with E-state index in [1.54, 1.807) is 0 Å². The molecular weight excluding hydrogens is 264 g/mol. The van der Waals surface area contributed by atoms with Gasteiger partial charge in [0.1, 0.15) is 11.6 Å². The van der Waals surface area contributed by atoms with Gasteiger partial charge >= 0.3 is 0 Å². The van der Waals surface area contributed by atoms with Gasteiger partial charge in [0, 0.05) is 5.41 Å². The minimum atomic E-state index is -0.273. The lowest BCUT2D eigenvalue weighted by Gasteiger charge is -2.22. The number of nitrogens with two attached hydrogens (primary N) is 1. The van der Waals surface area contributed by atoms with E-state index in [2.05, 4.69) is 38.1 Å². The molecule has 21 heavy (non-hydrogen) atoms. The van der Waals surface area contributed by atoms with Crippen molar-refractivity contribution in [3.63, 3.8) is 0 Å². The maximum Gasteiger partial charge on any atom is 0.144 e. The van der Waals surface area contributed by atoms with E-state index in [-0.39, 0.29) is 11.3 Å². The molecule has 0 saturated heterocycles. The summed E-state index contributed by atoms with van der Waals surface area (Å²) in [6.45, 7) is 10.9. The number of benzene rings is 1. The average Bonchev–Trinajstić information content (AvgIpc) is 2.42. The molecule has 4 heteroatoms. The number of hydrogen-bond acceptors (Lipinski definition) is 3. The number of amidine groups is 1. The van der Waals surface area contributed by atoms with Crippen LogP contribution < -0.4 is 10.5 Å². The van der Waals surface area contributed by atoms with Crippen LogP contribution >= 0.6 is 0 Å². The highest BCUT2D eigenvalue weighted by Crippen LogP contribution is 2.25. The Balaban J connectivity index is 2.42. The third-order valence-corrected chi connectivity index (χ3v) is 4.02. The van der Waals surface area contributed by atoms with Crippen LogP contribution in [0, 0.1) is 26.2 Å². The van der Waals surface area contributed by atoms with Gasteiger partial charge < -0.3 is 15.7 Å². The summed E-state index contributed by atoms with van der Waals surface area (Å²) >= 11 is 0. The molecule has 0 heterocycles. The SMILES string of the molecule is Cc1cc(C)c(C)c(OCCCCC(C)(C)/C(N)=N/O)c1. The van der Waals surface area contributed by atoms with Crippen molar-refractivity contribution in [2.24, 2.45) is 16.3 Å². The lowest BCUT2D eigenvalue weighted by atomic mass is 9.86. The first kappa shape index (κ1) is 17.3. The molecule has 0 amide bonds. The van der Waals surface area contributed by atoms with E-state index in [1.165, 1.54) is 16.7 Å². The van der Waals surface area contributed by atoms with Gasteiger partial charge in [0.15, 0.2) is 0 Å². The minimum Gasteiger partial charge on any atom is -0.493 e. The molecule has 0 spiro atoms. The Morgan fingerprint density at radius 1 is 1.24 bits per heavy atom. The second-order valence-corrected chi connectivity index (χ2v) is 6.38. The van der Waals surface area contributed by atoms with Crippen molar-refractivity contribution < 1.29 is 9.94 Å². The van der Waals surface area contributed by atoms with E-state index in [9.17, 15) is 0 Å². The Bertz CT molecular complexity index is 508. The van der Waals surface area contributed by atoms with Crippen molar-refractivity contribution in [1.82, 2.24) is 0 Å². The van der Waals surface area contributed by atoms with Crippen LogP contribution in [0.1, 0.15) is 49.8 Å². The Morgan fingerprint density at radius 2 is 1.90 bits per heavy atom. The van der Waals surface area contributed by atoms with Gasteiger partial charge in [0.05, 0.1) is 6.61 Å². The van der Waals surface area contributed by atoms with E-state index in [0.717, 1.165) is 25.0 Å². The van der Waals surface area contributed by atoms with Gasteiger partial charge in [-0.15, -0.1) is 0 Å². The van der Waals surface area contributed by atoms with Crippen LogP contribution in [0.15, 0.2) is 17.3 Å². The number of rotatable bonds is 7. The summed E-state index contributed by atoms with van der Waals surface area (Å²) in [5.41, 5.74) is 9.10. The van der Waals surface area contributed by atoms with Gasteiger partial charge in [0.25, 0.3) is 0 Å². The van der Waals surface area contributed by atoms with Crippen LogP contribution in [-0.2, 0) is 0 Å².